The maximum Gasteiger partial charge on any atom is 0.243 e. The smallest absolute Gasteiger partial charge is 0.243 e. The molecular formula is C20H23FN2O3S. The fourth-order valence-electron chi connectivity index (χ4n) is 3.38. The van der Waals surface area contributed by atoms with Crippen LogP contribution in [-0.4, -0.2) is 43.7 Å². The summed E-state index contributed by atoms with van der Waals surface area (Å²) in [6.07, 6.45) is 1.25. The zero-order chi connectivity index (χ0) is 19.4. The molecule has 2 aromatic rings. The molecule has 27 heavy (non-hydrogen) atoms. The largest absolute Gasteiger partial charge is 0.341 e. The van der Waals surface area contributed by atoms with Crippen molar-refractivity contribution in [3.05, 3.63) is 66.0 Å². The van der Waals surface area contributed by atoms with Gasteiger partial charge in [-0.15, -0.1) is 0 Å². The van der Waals surface area contributed by atoms with Gasteiger partial charge in [-0.25, -0.2) is 12.8 Å². The standard InChI is InChI=1S/C20H23FN2O3S/c1-22(14-16-8-5-6-12-19(16)21)20(24)17-9-7-13-23(15-17)27(25,26)18-10-3-2-4-11-18/h2-6,8,10-12,17H,7,9,13-15H2,1H3/t17-/m1/s1. The van der Waals surface area contributed by atoms with E-state index in [1.54, 1.807) is 55.6 Å². The molecule has 5 nitrogen and oxygen atoms in total. The lowest BCUT2D eigenvalue weighted by Crippen LogP contribution is -2.45. The molecule has 1 heterocycles. The summed E-state index contributed by atoms with van der Waals surface area (Å²) in [6, 6.07) is 14.6. The first-order valence-electron chi connectivity index (χ1n) is 8.93. The SMILES string of the molecule is CN(Cc1ccccc1F)C(=O)[C@@H]1CCCN(S(=O)(=O)c2ccccc2)C1. The Kier molecular flexibility index (Phi) is 5.92. The average molecular weight is 390 g/mol. The third-order valence-corrected chi connectivity index (χ3v) is 6.74. The van der Waals surface area contributed by atoms with E-state index in [0.29, 0.717) is 24.9 Å². The van der Waals surface area contributed by atoms with Gasteiger partial charge < -0.3 is 4.90 Å². The lowest BCUT2D eigenvalue weighted by molar-refractivity contribution is -0.135. The molecule has 0 saturated carbocycles. The zero-order valence-corrected chi connectivity index (χ0v) is 16.0. The molecule has 0 aromatic heterocycles. The highest BCUT2D eigenvalue weighted by Gasteiger charge is 2.34. The van der Waals surface area contributed by atoms with Crippen LogP contribution in [0, 0.1) is 11.7 Å². The van der Waals surface area contributed by atoms with Crippen LogP contribution >= 0.6 is 0 Å². The minimum atomic E-state index is -3.62. The van der Waals surface area contributed by atoms with Crippen molar-refractivity contribution < 1.29 is 17.6 Å². The van der Waals surface area contributed by atoms with Gasteiger partial charge in [-0.3, -0.25) is 4.79 Å². The molecule has 1 aliphatic rings. The van der Waals surface area contributed by atoms with Crippen LogP contribution in [-0.2, 0) is 21.4 Å². The van der Waals surface area contributed by atoms with E-state index in [0.717, 1.165) is 0 Å². The highest BCUT2D eigenvalue weighted by Crippen LogP contribution is 2.25. The van der Waals surface area contributed by atoms with Crippen molar-refractivity contribution in [1.82, 2.24) is 9.21 Å². The summed E-state index contributed by atoms with van der Waals surface area (Å²) in [6.45, 7) is 0.711. The van der Waals surface area contributed by atoms with E-state index in [9.17, 15) is 17.6 Å². The normalized spacial score (nSPS) is 18.2. The topological polar surface area (TPSA) is 57.7 Å². The van der Waals surface area contributed by atoms with Crippen molar-refractivity contribution in [1.29, 1.82) is 0 Å². The van der Waals surface area contributed by atoms with Gasteiger partial charge in [0.05, 0.1) is 10.8 Å². The monoisotopic (exact) mass is 390 g/mol. The lowest BCUT2D eigenvalue weighted by Gasteiger charge is -2.33. The molecule has 1 atom stereocenters. The fourth-order valence-corrected chi connectivity index (χ4v) is 4.92. The summed E-state index contributed by atoms with van der Waals surface area (Å²) in [4.78, 5) is 14.5. The third-order valence-electron chi connectivity index (χ3n) is 4.86. The van der Waals surface area contributed by atoms with Crippen molar-refractivity contribution in [2.24, 2.45) is 5.92 Å². The van der Waals surface area contributed by atoms with Crippen molar-refractivity contribution in [2.45, 2.75) is 24.3 Å². The van der Waals surface area contributed by atoms with E-state index in [-0.39, 0.29) is 29.7 Å². The molecular weight excluding hydrogens is 367 g/mol. The highest BCUT2D eigenvalue weighted by molar-refractivity contribution is 7.89. The van der Waals surface area contributed by atoms with Crippen LogP contribution < -0.4 is 0 Å². The number of amides is 1. The molecule has 3 rings (SSSR count). The van der Waals surface area contributed by atoms with Gasteiger partial charge in [0, 0.05) is 32.2 Å². The van der Waals surface area contributed by atoms with Gasteiger partial charge in [0.2, 0.25) is 15.9 Å². The Morgan fingerprint density at radius 1 is 1.15 bits per heavy atom. The molecule has 1 saturated heterocycles. The fraction of sp³-hybridized carbons (Fsp3) is 0.350. The number of rotatable bonds is 5. The number of hydrogen-bond acceptors (Lipinski definition) is 3. The summed E-state index contributed by atoms with van der Waals surface area (Å²) in [5, 5.41) is 0. The quantitative estimate of drug-likeness (QED) is 0.789. The van der Waals surface area contributed by atoms with Crippen molar-refractivity contribution in [3.8, 4) is 0 Å². The van der Waals surface area contributed by atoms with E-state index >= 15 is 0 Å². The Balaban J connectivity index is 1.70. The molecule has 0 spiro atoms. The first kappa shape index (κ1) is 19.5. The number of carbonyl (C=O) groups is 1. The molecule has 1 fully saturated rings. The van der Waals surface area contributed by atoms with E-state index in [4.69, 9.17) is 0 Å². The van der Waals surface area contributed by atoms with Crippen LogP contribution in [0.3, 0.4) is 0 Å². The Labute approximate surface area is 159 Å². The van der Waals surface area contributed by atoms with E-state index in [1.165, 1.54) is 15.3 Å². The van der Waals surface area contributed by atoms with Crippen molar-refractivity contribution in [2.75, 3.05) is 20.1 Å². The van der Waals surface area contributed by atoms with E-state index in [1.807, 2.05) is 0 Å². The Bertz CT molecular complexity index is 902. The predicted octanol–water partition coefficient (Wildman–Crippen LogP) is 2.89. The molecule has 144 valence electrons. The van der Waals surface area contributed by atoms with Gasteiger partial charge in [0.25, 0.3) is 0 Å². The Morgan fingerprint density at radius 3 is 2.52 bits per heavy atom. The van der Waals surface area contributed by atoms with Gasteiger partial charge in [-0.05, 0) is 31.0 Å². The van der Waals surface area contributed by atoms with E-state index < -0.39 is 15.9 Å². The van der Waals surface area contributed by atoms with Crippen LogP contribution in [0.2, 0.25) is 0 Å². The summed E-state index contributed by atoms with van der Waals surface area (Å²) < 4.78 is 40.8. The van der Waals surface area contributed by atoms with Crippen LogP contribution in [0.5, 0.6) is 0 Å². The second kappa shape index (κ2) is 8.19. The zero-order valence-electron chi connectivity index (χ0n) is 15.2. The second-order valence-electron chi connectivity index (χ2n) is 6.80. The predicted molar refractivity (Wildman–Crippen MR) is 101 cm³/mol. The average Bonchev–Trinajstić information content (AvgIpc) is 2.70. The van der Waals surface area contributed by atoms with Crippen LogP contribution in [0.4, 0.5) is 4.39 Å². The number of carbonyl (C=O) groups excluding carboxylic acids is 1. The third kappa shape index (κ3) is 4.36. The molecule has 0 bridgehead atoms. The maximum absolute atomic E-state index is 13.8. The minimum Gasteiger partial charge on any atom is -0.341 e. The molecule has 7 heteroatoms. The van der Waals surface area contributed by atoms with Gasteiger partial charge in [0.1, 0.15) is 5.82 Å². The lowest BCUT2D eigenvalue weighted by atomic mass is 9.98. The van der Waals surface area contributed by atoms with Crippen molar-refractivity contribution >= 4 is 15.9 Å². The summed E-state index contributed by atoms with van der Waals surface area (Å²) in [5.74, 6) is -0.936. The van der Waals surface area contributed by atoms with Gasteiger partial charge in [0.15, 0.2) is 0 Å². The van der Waals surface area contributed by atoms with Gasteiger partial charge >= 0.3 is 0 Å². The minimum absolute atomic E-state index is 0.150. The molecule has 0 aliphatic carbocycles. The van der Waals surface area contributed by atoms with Crippen molar-refractivity contribution in [3.63, 3.8) is 0 Å². The first-order valence-corrected chi connectivity index (χ1v) is 10.4. The highest BCUT2D eigenvalue weighted by atomic mass is 32.2. The summed E-state index contributed by atoms with van der Waals surface area (Å²) >= 11 is 0. The van der Waals surface area contributed by atoms with Gasteiger partial charge in [-0.1, -0.05) is 36.4 Å². The summed E-state index contributed by atoms with van der Waals surface area (Å²) in [7, 11) is -1.99. The summed E-state index contributed by atoms with van der Waals surface area (Å²) in [5.41, 5.74) is 0.443. The van der Waals surface area contributed by atoms with Crippen LogP contribution in [0.25, 0.3) is 0 Å². The molecule has 0 unspecified atom stereocenters. The number of nitrogens with zero attached hydrogens (tertiary/aromatic N) is 2. The molecule has 1 amide bonds. The number of hydrogen-bond donors (Lipinski definition) is 0. The molecule has 0 radical (unpaired) electrons. The molecule has 1 aliphatic heterocycles. The van der Waals surface area contributed by atoms with Crippen LogP contribution in [0.1, 0.15) is 18.4 Å². The maximum atomic E-state index is 13.8. The van der Waals surface area contributed by atoms with Gasteiger partial charge in [-0.2, -0.15) is 4.31 Å². The first-order chi connectivity index (χ1) is 12.9. The number of benzene rings is 2. The number of sulfonamides is 1. The Morgan fingerprint density at radius 2 is 1.81 bits per heavy atom. The number of piperidine rings is 1. The molecule has 0 N–H and O–H groups in total. The second-order valence-corrected chi connectivity index (χ2v) is 8.74. The number of halogens is 1. The van der Waals surface area contributed by atoms with Crippen LogP contribution in [0.15, 0.2) is 59.5 Å². The van der Waals surface area contributed by atoms with E-state index in [2.05, 4.69) is 0 Å². The molecule has 2 aromatic carbocycles. The Hall–Kier alpha value is -2.25.